The van der Waals surface area contributed by atoms with Gasteiger partial charge in [0.15, 0.2) is 5.75 Å². The molecule has 0 saturated carbocycles. The number of hydrogen-bond donors (Lipinski definition) is 1. The maximum atomic E-state index is 5.82. The highest BCUT2D eigenvalue weighted by Crippen LogP contribution is 2.28. The zero-order valence-electron chi connectivity index (χ0n) is 11.5. The molecule has 2 N–H and O–H groups in total. The fraction of sp³-hybridized carbons (Fsp3) is 0.357. The predicted octanol–water partition coefficient (Wildman–Crippen LogP) is 3.24. The van der Waals surface area contributed by atoms with Crippen molar-refractivity contribution in [2.45, 2.75) is 26.8 Å². The van der Waals surface area contributed by atoms with Gasteiger partial charge in [0, 0.05) is 29.9 Å². The van der Waals surface area contributed by atoms with Gasteiger partial charge in [-0.25, -0.2) is 0 Å². The van der Waals surface area contributed by atoms with Crippen LogP contribution in [0.3, 0.4) is 0 Å². The van der Waals surface area contributed by atoms with Gasteiger partial charge in [-0.2, -0.15) is 5.10 Å². The number of hydrogen-bond acceptors (Lipinski definition) is 4. The number of nitrogens with two attached hydrogens (primary N) is 1. The molecule has 1 aromatic carbocycles. The lowest BCUT2D eigenvalue weighted by Crippen LogP contribution is -1.99. The smallest absolute Gasteiger partial charge is 0.165 e. The molecule has 0 spiro atoms. The molecule has 5 heteroatoms. The predicted molar refractivity (Wildman–Crippen MR) is 74.7 cm³/mol. The first kappa shape index (κ1) is 13.3. The monoisotopic (exact) mass is 261 g/mol. The second kappa shape index (κ2) is 5.65. The van der Waals surface area contributed by atoms with Crippen molar-refractivity contribution in [3.8, 4) is 17.2 Å². The van der Waals surface area contributed by atoms with Crippen molar-refractivity contribution in [1.82, 2.24) is 9.78 Å². The molecule has 0 amide bonds. The molecule has 5 nitrogen and oxygen atoms in total. The van der Waals surface area contributed by atoms with E-state index in [1.807, 2.05) is 23.9 Å². The van der Waals surface area contributed by atoms with Gasteiger partial charge in [0.25, 0.3) is 0 Å². The average molecular weight is 261 g/mol. The van der Waals surface area contributed by atoms with Crippen molar-refractivity contribution in [3.63, 3.8) is 0 Å². The van der Waals surface area contributed by atoms with E-state index in [1.165, 1.54) is 0 Å². The summed E-state index contributed by atoms with van der Waals surface area (Å²) in [6, 6.07) is 5.65. The van der Waals surface area contributed by atoms with E-state index in [9.17, 15) is 0 Å². The molecule has 0 radical (unpaired) electrons. The van der Waals surface area contributed by atoms with Crippen LogP contribution in [0.1, 0.15) is 26.8 Å². The lowest BCUT2D eigenvalue weighted by atomic mass is 10.3. The van der Waals surface area contributed by atoms with Gasteiger partial charge in [0.05, 0.1) is 19.0 Å². The molecule has 102 valence electrons. The van der Waals surface area contributed by atoms with Crippen LogP contribution < -0.4 is 15.2 Å². The van der Waals surface area contributed by atoms with Crippen LogP contribution in [0.25, 0.3) is 0 Å². The van der Waals surface area contributed by atoms with E-state index in [2.05, 4.69) is 18.9 Å². The third-order valence-electron chi connectivity index (χ3n) is 2.56. The molecule has 0 aliphatic heterocycles. The summed E-state index contributed by atoms with van der Waals surface area (Å²) in [4.78, 5) is 0. The molecule has 0 unspecified atom stereocenters. The number of aromatic nitrogens is 2. The largest absolute Gasteiger partial charge is 0.494 e. The molecular formula is C14H19N3O2. The van der Waals surface area contributed by atoms with Crippen molar-refractivity contribution in [2.24, 2.45) is 0 Å². The summed E-state index contributed by atoms with van der Waals surface area (Å²) in [6.45, 7) is 6.64. The van der Waals surface area contributed by atoms with E-state index in [0.717, 1.165) is 0 Å². The van der Waals surface area contributed by atoms with Gasteiger partial charge in [-0.15, -0.1) is 0 Å². The van der Waals surface area contributed by atoms with Crippen LogP contribution in [0.4, 0.5) is 5.69 Å². The Morgan fingerprint density at radius 3 is 2.58 bits per heavy atom. The molecule has 0 aliphatic rings. The molecule has 1 aromatic heterocycles. The normalized spacial score (nSPS) is 10.7. The minimum atomic E-state index is 0.303. The molecule has 0 atom stereocenters. The molecule has 2 rings (SSSR count). The van der Waals surface area contributed by atoms with E-state index in [0.29, 0.717) is 35.6 Å². The molecular weight excluding hydrogens is 242 g/mol. The Morgan fingerprint density at radius 1 is 1.21 bits per heavy atom. The molecule has 0 bridgehead atoms. The first-order chi connectivity index (χ1) is 9.08. The van der Waals surface area contributed by atoms with Gasteiger partial charge in [0.2, 0.25) is 0 Å². The molecule has 2 aromatic rings. The van der Waals surface area contributed by atoms with E-state index < -0.39 is 0 Å². The lowest BCUT2D eigenvalue weighted by molar-refractivity contribution is 0.338. The van der Waals surface area contributed by atoms with E-state index in [4.69, 9.17) is 15.2 Å². The van der Waals surface area contributed by atoms with Gasteiger partial charge in [-0.05, 0) is 20.8 Å². The summed E-state index contributed by atoms with van der Waals surface area (Å²) in [7, 11) is 0. The Morgan fingerprint density at radius 2 is 1.95 bits per heavy atom. The molecule has 1 heterocycles. The first-order valence-corrected chi connectivity index (χ1v) is 6.34. The summed E-state index contributed by atoms with van der Waals surface area (Å²) >= 11 is 0. The Kier molecular flexibility index (Phi) is 3.94. The first-order valence-electron chi connectivity index (χ1n) is 6.34. The van der Waals surface area contributed by atoms with Crippen LogP contribution in [0.15, 0.2) is 30.6 Å². The third kappa shape index (κ3) is 3.40. The van der Waals surface area contributed by atoms with Crippen LogP contribution in [0, 0.1) is 0 Å². The average Bonchev–Trinajstić information content (AvgIpc) is 2.77. The second-order valence-corrected chi connectivity index (χ2v) is 4.52. The quantitative estimate of drug-likeness (QED) is 0.839. The molecule has 0 fully saturated rings. The lowest BCUT2D eigenvalue weighted by Gasteiger charge is -2.08. The Bertz CT molecular complexity index is 549. The Balaban J connectivity index is 2.17. The summed E-state index contributed by atoms with van der Waals surface area (Å²) in [6.07, 6.45) is 3.54. The fourth-order valence-electron chi connectivity index (χ4n) is 1.69. The van der Waals surface area contributed by atoms with Gasteiger partial charge >= 0.3 is 0 Å². The van der Waals surface area contributed by atoms with Crippen LogP contribution in [0.5, 0.6) is 17.2 Å². The number of nitrogens with zero attached hydrogens (tertiary/aromatic N) is 2. The fourth-order valence-corrected chi connectivity index (χ4v) is 1.69. The third-order valence-corrected chi connectivity index (χ3v) is 2.56. The maximum absolute atomic E-state index is 5.82. The van der Waals surface area contributed by atoms with Crippen LogP contribution in [0.2, 0.25) is 0 Å². The summed E-state index contributed by atoms with van der Waals surface area (Å²) in [5.74, 6) is 2.03. The highest BCUT2D eigenvalue weighted by molar-refractivity contribution is 5.51. The standard InChI is InChI=1S/C14H19N3O2/c1-4-18-12-5-11(15)6-13(7-12)19-14-8-16-17(9-14)10(2)3/h5-10H,4,15H2,1-3H3. The van der Waals surface area contributed by atoms with Gasteiger partial charge < -0.3 is 15.2 Å². The number of benzene rings is 1. The van der Waals surface area contributed by atoms with E-state index >= 15 is 0 Å². The molecule has 19 heavy (non-hydrogen) atoms. The number of ether oxygens (including phenoxy) is 2. The Labute approximate surface area is 112 Å². The topological polar surface area (TPSA) is 62.3 Å². The highest BCUT2D eigenvalue weighted by atomic mass is 16.5. The van der Waals surface area contributed by atoms with Crippen molar-refractivity contribution < 1.29 is 9.47 Å². The SMILES string of the molecule is CCOc1cc(N)cc(Oc2cnn(C(C)C)c2)c1. The zero-order valence-corrected chi connectivity index (χ0v) is 11.5. The van der Waals surface area contributed by atoms with E-state index in [1.54, 1.807) is 18.3 Å². The minimum Gasteiger partial charge on any atom is -0.494 e. The van der Waals surface area contributed by atoms with Crippen molar-refractivity contribution in [1.29, 1.82) is 0 Å². The maximum Gasteiger partial charge on any atom is 0.165 e. The van der Waals surface area contributed by atoms with E-state index in [-0.39, 0.29) is 0 Å². The van der Waals surface area contributed by atoms with Gasteiger partial charge in [-0.3, -0.25) is 4.68 Å². The van der Waals surface area contributed by atoms with Crippen molar-refractivity contribution in [3.05, 3.63) is 30.6 Å². The number of anilines is 1. The summed E-state index contributed by atoms with van der Waals surface area (Å²) in [5, 5.41) is 4.22. The van der Waals surface area contributed by atoms with Crippen molar-refractivity contribution >= 4 is 5.69 Å². The summed E-state index contributed by atoms with van der Waals surface area (Å²) in [5.41, 5.74) is 6.42. The zero-order chi connectivity index (χ0) is 13.8. The van der Waals surface area contributed by atoms with Gasteiger partial charge in [-0.1, -0.05) is 0 Å². The Hall–Kier alpha value is -2.17. The van der Waals surface area contributed by atoms with Crippen LogP contribution >= 0.6 is 0 Å². The summed E-state index contributed by atoms with van der Waals surface area (Å²) < 4.78 is 13.0. The molecule has 0 saturated heterocycles. The van der Waals surface area contributed by atoms with Crippen molar-refractivity contribution in [2.75, 3.05) is 12.3 Å². The number of nitrogen functional groups attached to an aromatic ring is 1. The van der Waals surface area contributed by atoms with Crippen LogP contribution in [-0.2, 0) is 0 Å². The minimum absolute atomic E-state index is 0.303. The van der Waals surface area contributed by atoms with Gasteiger partial charge in [0.1, 0.15) is 11.5 Å². The van der Waals surface area contributed by atoms with Crippen LogP contribution in [-0.4, -0.2) is 16.4 Å². The highest BCUT2D eigenvalue weighted by Gasteiger charge is 2.06. The number of rotatable bonds is 5. The second-order valence-electron chi connectivity index (χ2n) is 4.52. The molecule has 0 aliphatic carbocycles.